The SMILES string of the molecule is [B]C(=C)/C=C\C(=C(\C)CC)C12CC(=C)CCC1(C)C2. The number of hydrogen-bond acceptors (Lipinski definition) is 0. The lowest BCUT2D eigenvalue weighted by Crippen LogP contribution is -2.20. The van der Waals surface area contributed by atoms with Gasteiger partial charge in [-0.15, -0.1) is 12.1 Å². The van der Waals surface area contributed by atoms with Crippen LogP contribution in [-0.2, 0) is 0 Å². The highest BCUT2D eigenvalue weighted by atomic mass is 14.7. The summed E-state index contributed by atoms with van der Waals surface area (Å²) in [6.07, 6.45) is 10.2. The average Bonchev–Trinajstić information content (AvgIpc) is 2.94. The van der Waals surface area contributed by atoms with Gasteiger partial charge in [-0.2, -0.15) is 0 Å². The molecule has 2 radical (unpaired) electrons. The second-order valence-corrected chi connectivity index (χ2v) is 6.70. The van der Waals surface area contributed by atoms with Gasteiger partial charge in [-0.05, 0) is 50.0 Å². The Kier molecular flexibility index (Phi) is 3.68. The minimum absolute atomic E-state index is 0.328. The fraction of sp³-hybridized carbons (Fsp3) is 0.556. The molecule has 0 bridgehead atoms. The van der Waals surface area contributed by atoms with Crippen molar-refractivity contribution in [2.75, 3.05) is 0 Å². The van der Waals surface area contributed by atoms with Crippen molar-refractivity contribution in [1.82, 2.24) is 0 Å². The van der Waals surface area contributed by atoms with E-state index in [1.54, 1.807) is 0 Å². The predicted octanol–water partition coefficient (Wildman–Crippen LogP) is 5.09. The monoisotopic (exact) mass is 252 g/mol. The fourth-order valence-electron chi connectivity index (χ4n) is 3.80. The maximum absolute atomic E-state index is 5.71. The van der Waals surface area contributed by atoms with Gasteiger partial charge >= 0.3 is 0 Å². The fourth-order valence-corrected chi connectivity index (χ4v) is 3.80. The first-order valence-electron chi connectivity index (χ1n) is 7.34. The van der Waals surface area contributed by atoms with Gasteiger partial charge in [0, 0.05) is 5.41 Å². The van der Waals surface area contributed by atoms with Gasteiger partial charge < -0.3 is 0 Å². The average molecular weight is 252 g/mol. The second-order valence-electron chi connectivity index (χ2n) is 6.70. The summed E-state index contributed by atoms with van der Waals surface area (Å²) >= 11 is 0. The van der Waals surface area contributed by atoms with Crippen LogP contribution in [0.4, 0.5) is 0 Å². The van der Waals surface area contributed by atoms with Crippen molar-refractivity contribution in [2.45, 2.75) is 52.9 Å². The third-order valence-corrected chi connectivity index (χ3v) is 5.27. The van der Waals surface area contributed by atoms with Gasteiger partial charge in [-0.1, -0.05) is 43.7 Å². The minimum Gasteiger partial charge on any atom is -0.106 e. The molecular weight excluding hydrogens is 227 g/mol. The number of allylic oxidation sites excluding steroid dienone is 6. The topological polar surface area (TPSA) is 0 Å². The molecule has 2 fully saturated rings. The Morgan fingerprint density at radius 1 is 1.42 bits per heavy atom. The maximum atomic E-state index is 5.71. The predicted molar refractivity (Wildman–Crippen MR) is 85.2 cm³/mol. The highest BCUT2D eigenvalue weighted by Crippen LogP contribution is 2.75. The highest BCUT2D eigenvalue weighted by Gasteiger charge is 2.66. The van der Waals surface area contributed by atoms with Gasteiger partial charge in [-0.3, -0.25) is 0 Å². The van der Waals surface area contributed by atoms with E-state index in [9.17, 15) is 0 Å². The third kappa shape index (κ3) is 2.40. The summed E-state index contributed by atoms with van der Waals surface area (Å²) in [5.41, 5.74) is 5.82. The summed E-state index contributed by atoms with van der Waals surface area (Å²) in [5.74, 6) is 0. The zero-order chi connectivity index (χ0) is 14.3. The summed E-state index contributed by atoms with van der Waals surface area (Å²) in [6.45, 7) is 14.9. The van der Waals surface area contributed by atoms with Crippen LogP contribution >= 0.6 is 0 Å². The molecule has 2 atom stereocenters. The van der Waals surface area contributed by atoms with Crippen LogP contribution < -0.4 is 0 Å². The number of rotatable bonds is 4. The quantitative estimate of drug-likeness (QED) is 0.371. The summed E-state index contributed by atoms with van der Waals surface area (Å²) in [5, 5.41) is 0. The molecule has 0 N–H and O–H groups in total. The van der Waals surface area contributed by atoms with E-state index < -0.39 is 0 Å². The summed E-state index contributed by atoms with van der Waals surface area (Å²) < 4.78 is 0. The lowest BCUT2D eigenvalue weighted by molar-refractivity contribution is 0.343. The normalized spacial score (nSPS) is 35.0. The number of fused-ring (bicyclic) bond motifs is 1. The first-order chi connectivity index (χ1) is 8.84. The lowest BCUT2D eigenvalue weighted by Gasteiger charge is -2.32. The van der Waals surface area contributed by atoms with Gasteiger partial charge in [0.2, 0.25) is 0 Å². The van der Waals surface area contributed by atoms with E-state index in [2.05, 4.69) is 40.0 Å². The molecule has 2 unspecified atom stereocenters. The molecule has 0 aliphatic heterocycles. The summed E-state index contributed by atoms with van der Waals surface area (Å²) in [6, 6.07) is 0. The van der Waals surface area contributed by atoms with Crippen LogP contribution in [0.15, 0.2) is 47.5 Å². The zero-order valence-electron chi connectivity index (χ0n) is 12.7. The van der Waals surface area contributed by atoms with Crippen LogP contribution in [0.2, 0.25) is 0 Å². The molecule has 0 spiro atoms. The molecule has 19 heavy (non-hydrogen) atoms. The van der Waals surface area contributed by atoms with Crippen molar-refractivity contribution in [3.05, 3.63) is 47.5 Å². The Labute approximate surface area is 119 Å². The van der Waals surface area contributed by atoms with E-state index in [1.165, 1.54) is 36.0 Å². The van der Waals surface area contributed by atoms with Crippen LogP contribution in [0, 0.1) is 10.8 Å². The van der Waals surface area contributed by atoms with E-state index in [4.69, 9.17) is 7.85 Å². The molecule has 0 aromatic rings. The van der Waals surface area contributed by atoms with Crippen LogP contribution in [-0.4, -0.2) is 7.85 Å². The summed E-state index contributed by atoms with van der Waals surface area (Å²) in [7, 11) is 5.71. The molecule has 2 aliphatic carbocycles. The van der Waals surface area contributed by atoms with Crippen molar-refractivity contribution < 1.29 is 0 Å². The molecule has 0 saturated heterocycles. The Morgan fingerprint density at radius 3 is 2.68 bits per heavy atom. The molecule has 2 aliphatic rings. The van der Waals surface area contributed by atoms with Crippen molar-refractivity contribution in [3.8, 4) is 0 Å². The smallest absolute Gasteiger partial charge is 0.106 e. The first kappa shape index (κ1) is 14.4. The molecule has 100 valence electrons. The zero-order valence-corrected chi connectivity index (χ0v) is 12.7. The first-order valence-corrected chi connectivity index (χ1v) is 7.34. The number of hydrogen-bond donors (Lipinski definition) is 0. The van der Waals surface area contributed by atoms with Gasteiger partial charge in [-0.25, -0.2) is 0 Å². The Balaban J connectivity index is 2.40. The van der Waals surface area contributed by atoms with Gasteiger partial charge in [0.25, 0.3) is 0 Å². The molecule has 1 heteroatoms. The second kappa shape index (κ2) is 4.85. The standard InChI is InChI=1S/C18H25B/c1-6-14(3)16(8-7-15(4)19)18-11-13(2)9-10-17(18,5)12-18/h7-8H,2,4,6,9-12H2,1,3,5H3/b8-7-,16-14+. The molecule has 0 nitrogen and oxygen atoms in total. The maximum Gasteiger partial charge on any atom is 0.112 e. The van der Waals surface area contributed by atoms with Crippen molar-refractivity contribution >= 4 is 7.85 Å². The molecular formula is C18H25B. The Bertz CT molecular complexity index is 480. The van der Waals surface area contributed by atoms with Crippen molar-refractivity contribution in [2.24, 2.45) is 10.8 Å². The van der Waals surface area contributed by atoms with Crippen LogP contribution in [0.1, 0.15) is 52.9 Å². The molecule has 2 rings (SSSR count). The third-order valence-electron chi connectivity index (χ3n) is 5.27. The highest BCUT2D eigenvalue weighted by molar-refractivity contribution is 6.23. The van der Waals surface area contributed by atoms with Gasteiger partial charge in [0.1, 0.15) is 7.85 Å². The van der Waals surface area contributed by atoms with Crippen molar-refractivity contribution in [3.63, 3.8) is 0 Å². The Morgan fingerprint density at radius 2 is 2.11 bits per heavy atom. The van der Waals surface area contributed by atoms with E-state index in [0.717, 1.165) is 12.8 Å². The van der Waals surface area contributed by atoms with E-state index in [-0.39, 0.29) is 0 Å². The van der Waals surface area contributed by atoms with Crippen LogP contribution in [0.3, 0.4) is 0 Å². The van der Waals surface area contributed by atoms with E-state index >= 15 is 0 Å². The van der Waals surface area contributed by atoms with Gasteiger partial charge in [0.15, 0.2) is 0 Å². The Hall–Kier alpha value is -0.975. The lowest BCUT2D eigenvalue weighted by atomic mass is 9.72. The van der Waals surface area contributed by atoms with Crippen LogP contribution in [0.25, 0.3) is 0 Å². The molecule has 0 aromatic carbocycles. The van der Waals surface area contributed by atoms with E-state index in [0.29, 0.717) is 16.3 Å². The molecule has 0 amide bonds. The largest absolute Gasteiger partial charge is 0.112 e. The van der Waals surface area contributed by atoms with Crippen LogP contribution in [0.5, 0.6) is 0 Å². The molecule has 0 heterocycles. The molecule has 0 aromatic heterocycles. The molecule has 2 saturated carbocycles. The minimum atomic E-state index is 0.328. The van der Waals surface area contributed by atoms with E-state index in [1.807, 2.05) is 6.08 Å². The summed E-state index contributed by atoms with van der Waals surface area (Å²) in [4.78, 5) is 0. The van der Waals surface area contributed by atoms with Gasteiger partial charge in [0.05, 0.1) is 0 Å². The van der Waals surface area contributed by atoms with Crippen molar-refractivity contribution in [1.29, 1.82) is 0 Å².